The minimum Gasteiger partial charge on any atom is -0.464 e. The number of nitrogens with zero attached hydrogens (tertiary/aromatic N) is 1. The summed E-state index contributed by atoms with van der Waals surface area (Å²) in [5.41, 5.74) is 1.31. The van der Waals surface area contributed by atoms with Crippen LogP contribution in [0.1, 0.15) is 10.5 Å². The number of hydrogen-bond donors (Lipinski definition) is 0. The maximum absolute atomic E-state index is 11.5. The maximum Gasteiger partial charge on any atom is 0.356 e. The number of benzene rings is 1. The molecule has 2 rings (SSSR count). The Morgan fingerprint density at radius 3 is 2.67 bits per heavy atom. The second-order valence-electron chi connectivity index (χ2n) is 3.23. The summed E-state index contributed by atoms with van der Waals surface area (Å²) in [5.74, 6) is -0.418. The maximum atomic E-state index is 11.5. The lowest BCUT2D eigenvalue weighted by Gasteiger charge is -2.01. The molecule has 15 heavy (non-hydrogen) atoms. The molecule has 0 N–H and O–H groups in total. The van der Waals surface area contributed by atoms with Crippen molar-refractivity contribution in [1.29, 1.82) is 0 Å². The van der Waals surface area contributed by atoms with Gasteiger partial charge in [0, 0.05) is 18.0 Å². The van der Waals surface area contributed by atoms with Crippen LogP contribution in [0.5, 0.6) is 0 Å². The highest BCUT2D eigenvalue weighted by atomic mass is 35.5. The smallest absolute Gasteiger partial charge is 0.356 e. The van der Waals surface area contributed by atoms with E-state index in [1.807, 2.05) is 24.3 Å². The standard InChI is InChI=1S/C11H10ClNO2/c1-13-8-6-4-3-5-7(8)9(12)10(13)11(14)15-2/h3-6H,1-2H3. The topological polar surface area (TPSA) is 31.2 Å². The van der Waals surface area contributed by atoms with Crippen molar-refractivity contribution >= 4 is 28.5 Å². The van der Waals surface area contributed by atoms with Gasteiger partial charge in [0.25, 0.3) is 0 Å². The van der Waals surface area contributed by atoms with Crippen LogP contribution in [0, 0.1) is 0 Å². The molecule has 2 aromatic rings. The van der Waals surface area contributed by atoms with Crippen molar-refractivity contribution in [3.63, 3.8) is 0 Å². The van der Waals surface area contributed by atoms with Crippen molar-refractivity contribution in [3.05, 3.63) is 35.0 Å². The van der Waals surface area contributed by atoms with Gasteiger partial charge in [-0.15, -0.1) is 0 Å². The van der Waals surface area contributed by atoms with Crippen LogP contribution in [0.2, 0.25) is 5.02 Å². The largest absolute Gasteiger partial charge is 0.464 e. The van der Waals surface area contributed by atoms with Crippen molar-refractivity contribution in [2.45, 2.75) is 0 Å². The van der Waals surface area contributed by atoms with Crippen LogP contribution in [0.15, 0.2) is 24.3 Å². The molecule has 0 saturated heterocycles. The van der Waals surface area contributed by atoms with Gasteiger partial charge in [-0.05, 0) is 6.07 Å². The summed E-state index contributed by atoms with van der Waals surface area (Å²) in [7, 11) is 3.14. The molecule has 1 heterocycles. The van der Waals surface area contributed by atoms with Crippen molar-refractivity contribution in [3.8, 4) is 0 Å². The first-order chi connectivity index (χ1) is 7.16. The van der Waals surface area contributed by atoms with Crippen molar-refractivity contribution in [1.82, 2.24) is 4.57 Å². The lowest BCUT2D eigenvalue weighted by atomic mass is 10.2. The highest BCUT2D eigenvalue weighted by Crippen LogP contribution is 2.29. The average Bonchev–Trinajstić information content (AvgIpc) is 2.52. The third-order valence-corrected chi connectivity index (χ3v) is 2.81. The van der Waals surface area contributed by atoms with E-state index in [9.17, 15) is 4.79 Å². The molecule has 0 aliphatic rings. The van der Waals surface area contributed by atoms with E-state index in [0.29, 0.717) is 10.7 Å². The zero-order valence-electron chi connectivity index (χ0n) is 8.45. The molecule has 4 heteroatoms. The Balaban J connectivity index is 2.81. The molecule has 0 aliphatic heterocycles. The fourth-order valence-electron chi connectivity index (χ4n) is 1.67. The van der Waals surface area contributed by atoms with Crippen molar-refractivity contribution in [2.24, 2.45) is 7.05 Å². The first-order valence-corrected chi connectivity index (χ1v) is 4.86. The average molecular weight is 224 g/mol. The molecule has 78 valence electrons. The quantitative estimate of drug-likeness (QED) is 0.696. The molecule has 3 nitrogen and oxygen atoms in total. The predicted molar refractivity (Wildman–Crippen MR) is 59.3 cm³/mol. The van der Waals surface area contributed by atoms with Gasteiger partial charge in [0.1, 0.15) is 5.69 Å². The molecule has 0 aliphatic carbocycles. The number of rotatable bonds is 1. The third-order valence-electron chi connectivity index (χ3n) is 2.42. The summed E-state index contributed by atoms with van der Waals surface area (Å²) in [5, 5.41) is 1.31. The lowest BCUT2D eigenvalue weighted by Crippen LogP contribution is -2.07. The van der Waals surface area contributed by atoms with Crippen LogP contribution in [0.25, 0.3) is 10.9 Å². The van der Waals surface area contributed by atoms with Gasteiger partial charge in [0.2, 0.25) is 0 Å². The molecule has 0 radical (unpaired) electrons. The van der Waals surface area contributed by atoms with Gasteiger partial charge >= 0.3 is 5.97 Å². The summed E-state index contributed by atoms with van der Waals surface area (Å²) < 4.78 is 6.42. The Morgan fingerprint density at radius 2 is 2.07 bits per heavy atom. The molecule has 0 spiro atoms. The van der Waals surface area contributed by atoms with Crippen molar-refractivity contribution < 1.29 is 9.53 Å². The Morgan fingerprint density at radius 1 is 1.40 bits per heavy atom. The number of ether oxygens (including phenoxy) is 1. The zero-order valence-corrected chi connectivity index (χ0v) is 9.21. The third kappa shape index (κ3) is 1.39. The second-order valence-corrected chi connectivity index (χ2v) is 3.61. The summed E-state index contributed by atoms with van der Waals surface area (Å²) in [4.78, 5) is 11.5. The number of methoxy groups -OCH3 is 1. The molecular formula is C11H10ClNO2. The summed E-state index contributed by atoms with van der Waals surface area (Å²) in [6.45, 7) is 0. The van der Waals surface area contributed by atoms with Gasteiger partial charge in [-0.1, -0.05) is 29.8 Å². The van der Waals surface area contributed by atoms with E-state index in [1.54, 1.807) is 11.6 Å². The van der Waals surface area contributed by atoms with E-state index in [1.165, 1.54) is 7.11 Å². The molecular weight excluding hydrogens is 214 g/mol. The van der Waals surface area contributed by atoms with Crippen LogP contribution in [-0.2, 0) is 11.8 Å². The number of carbonyl (C=O) groups is 1. The number of para-hydroxylation sites is 1. The molecule has 0 amide bonds. The summed E-state index contributed by atoms with van der Waals surface area (Å²) >= 11 is 6.11. The Hall–Kier alpha value is -1.48. The van der Waals surface area contributed by atoms with E-state index in [2.05, 4.69) is 4.74 Å². The van der Waals surface area contributed by atoms with Gasteiger partial charge in [-0.25, -0.2) is 4.79 Å². The Bertz CT molecular complexity index is 492. The van der Waals surface area contributed by atoms with E-state index < -0.39 is 5.97 Å². The van der Waals surface area contributed by atoms with Crippen molar-refractivity contribution in [2.75, 3.05) is 7.11 Å². The van der Waals surface area contributed by atoms with Crippen LogP contribution < -0.4 is 0 Å². The monoisotopic (exact) mass is 223 g/mol. The molecule has 0 unspecified atom stereocenters. The van der Waals surface area contributed by atoms with Gasteiger partial charge in [-0.3, -0.25) is 0 Å². The molecule has 0 bridgehead atoms. The molecule has 1 aromatic heterocycles. The molecule has 0 saturated carbocycles. The fraction of sp³-hybridized carbons (Fsp3) is 0.182. The van der Waals surface area contributed by atoms with E-state index in [4.69, 9.17) is 11.6 Å². The molecule has 0 fully saturated rings. The second kappa shape index (κ2) is 3.59. The zero-order chi connectivity index (χ0) is 11.0. The van der Waals surface area contributed by atoms with Crippen LogP contribution in [0.3, 0.4) is 0 Å². The lowest BCUT2D eigenvalue weighted by molar-refractivity contribution is 0.0590. The van der Waals surface area contributed by atoms with Crippen LogP contribution in [-0.4, -0.2) is 17.6 Å². The first kappa shape index (κ1) is 10.1. The van der Waals surface area contributed by atoms with Crippen LogP contribution >= 0.6 is 11.6 Å². The van der Waals surface area contributed by atoms with Crippen LogP contribution in [0.4, 0.5) is 0 Å². The highest BCUT2D eigenvalue weighted by Gasteiger charge is 2.19. The summed E-state index contributed by atoms with van der Waals surface area (Å²) in [6.07, 6.45) is 0. The number of fused-ring (bicyclic) bond motifs is 1. The summed E-state index contributed by atoms with van der Waals surface area (Å²) in [6, 6.07) is 7.58. The SMILES string of the molecule is COC(=O)c1c(Cl)c2ccccc2n1C. The van der Waals surface area contributed by atoms with Gasteiger partial charge in [0.15, 0.2) is 0 Å². The Labute approximate surface area is 92.2 Å². The number of hydrogen-bond acceptors (Lipinski definition) is 2. The highest BCUT2D eigenvalue weighted by molar-refractivity contribution is 6.38. The fourth-order valence-corrected chi connectivity index (χ4v) is 2.03. The van der Waals surface area contributed by atoms with E-state index in [0.717, 1.165) is 10.9 Å². The number of esters is 1. The normalized spacial score (nSPS) is 10.6. The van der Waals surface area contributed by atoms with Gasteiger partial charge in [0.05, 0.1) is 12.1 Å². The van der Waals surface area contributed by atoms with Gasteiger partial charge in [-0.2, -0.15) is 0 Å². The number of aromatic nitrogens is 1. The predicted octanol–water partition coefficient (Wildman–Crippen LogP) is 2.62. The minimum absolute atomic E-state index is 0.389. The van der Waals surface area contributed by atoms with Gasteiger partial charge < -0.3 is 9.30 Å². The minimum atomic E-state index is -0.418. The first-order valence-electron chi connectivity index (χ1n) is 4.48. The number of aryl methyl sites for hydroxylation is 1. The van der Waals surface area contributed by atoms with E-state index >= 15 is 0 Å². The number of halogens is 1. The Kier molecular flexibility index (Phi) is 2.40. The van der Waals surface area contributed by atoms with E-state index in [-0.39, 0.29) is 0 Å². The number of carbonyl (C=O) groups excluding carboxylic acids is 1. The molecule has 0 atom stereocenters. The molecule has 1 aromatic carbocycles.